The summed E-state index contributed by atoms with van der Waals surface area (Å²) in [4.78, 5) is 54.1. The summed E-state index contributed by atoms with van der Waals surface area (Å²) in [6, 6.07) is 15.5. The first-order valence-electron chi connectivity index (χ1n) is 11.6. The van der Waals surface area contributed by atoms with Gasteiger partial charge in [0.1, 0.15) is 11.6 Å². The summed E-state index contributed by atoms with van der Waals surface area (Å²) in [6.07, 6.45) is 3.28. The van der Waals surface area contributed by atoms with Crippen LogP contribution in [0.1, 0.15) is 48.5 Å². The summed E-state index contributed by atoms with van der Waals surface area (Å²) >= 11 is 0. The smallest absolute Gasteiger partial charge is 0.330 e. The number of carbonyl (C=O) groups is 2. The summed E-state index contributed by atoms with van der Waals surface area (Å²) in [5.74, 6) is -0.144. The van der Waals surface area contributed by atoms with Crippen LogP contribution in [-0.2, 0) is 11.3 Å². The van der Waals surface area contributed by atoms with Crippen LogP contribution in [0.3, 0.4) is 0 Å². The molecule has 1 amide bonds. The normalized spacial score (nSPS) is 13.5. The first-order chi connectivity index (χ1) is 16.8. The van der Waals surface area contributed by atoms with E-state index < -0.39 is 17.2 Å². The number of Topliss-reactive ketones (excluding diaryl/α,β-unsaturated/α-hetero) is 1. The number of nitrogens with one attached hydrogen (secondary N) is 1. The topological polar surface area (TPSA) is 127 Å². The molecule has 1 saturated carbocycles. The van der Waals surface area contributed by atoms with Crippen LogP contribution < -0.4 is 26.6 Å². The lowest BCUT2D eigenvalue weighted by atomic mass is 10.1. The van der Waals surface area contributed by atoms with E-state index in [4.69, 9.17) is 10.5 Å². The van der Waals surface area contributed by atoms with Crippen molar-refractivity contribution >= 4 is 23.2 Å². The van der Waals surface area contributed by atoms with Crippen molar-refractivity contribution in [3.8, 4) is 5.75 Å². The molecule has 4 rings (SSSR count). The van der Waals surface area contributed by atoms with E-state index >= 15 is 0 Å². The number of carbonyl (C=O) groups excluding carboxylic acids is 2. The fraction of sp³-hybridized carbons (Fsp3) is 0.308. The summed E-state index contributed by atoms with van der Waals surface area (Å²) in [5, 5.41) is 0. The van der Waals surface area contributed by atoms with Gasteiger partial charge in [-0.15, -0.1) is 0 Å². The lowest BCUT2D eigenvalue weighted by Crippen LogP contribution is -2.47. The van der Waals surface area contributed by atoms with Crippen molar-refractivity contribution in [2.24, 2.45) is 0 Å². The van der Waals surface area contributed by atoms with Crippen LogP contribution in [0.4, 0.5) is 11.5 Å². The largest absolute Gasteiger partial charge is 0.484 e. The van der Waals surface area contributed by atoms with Crippen molar-refractivity contribution in [1.82, 2.24) is 9.55 Å². The average molecular weight is 477 g/mol. The zero-order valence-electron chi connectivity index (χ0n) is 19.5. The van der Waals surface area contributed by atoms with Crippen LogP contribution in [0.2, 0.25) is 0 Å². The number of nitrogens with zero attached hydrogens (tertiary/aromatic N) is 2. The minimum Gasteiger partial charge on any atom is -0.484 e. The van der Waals surface area contributed by atoms with Gasteiger partial charge in [0.2, 0.25) is 0 Å². The predicted molar refractivity (Wildman–Crippen MR) is 133 cm³/mol. The molecule has 1 aliphatic carbocycles. The number of hydrogen-bond acceptors (Lipinski definition) is 6. The molecule has 9 heteroatoms. The molecule has 0 radical (unpaired) electrons. The zero-order chi connectivity index (χ0) is 24.9. The highest BCUT2D eigenvalue weighted by Crippen LogP contribution is 2.29. The van der Waals surface area contributed by atoms with E-state index in [-0.39, 0.29) is 36.5 Å². The molecule has 1 aliphatic rings. The molecule has 0 spiro atoms. The van der Waals surface area contributed by atoms with Crippen LogP contribution in [0.5, 0.6) is 5.75 Å². The third-order valence-corrected chi connectivity index (χ3v) is 6.22. The third-order valence-electron chi connectivity index (χ3n) is 6.22. The Kier molecular flexibility index (Phi) is 7.14. The van der Waals surface area contributed by atoms with E-state index in [9.17, 15) is 19.2 Å². The predicted octanol–water partition coefficient (Wildman–Crippen LogP) is 2.72. The highest BCUT2D eigenvalue weighted by Gasteiger charge is 2.33. The number of ether oxygens (including phenoxy) is 1. The SMILES string of the molecule is CC(=O)c1ccc(OCC(=O)N(c2c(N)n(Cc3ccccc3)c(=O)[nH]c2=O)C2CCCC2)cc1. The maximum atomic E-state index is 13.4. The van der Waals surface area contributed by atoms with Gasteiger partial charge in [-0.05, 0) is 49.6 Å². The lowest BCUT2D eigenvalue weighted by Gasteiger charge is -2.30. The van der Waals surface area contributed by atoms with Gasteiger partial charge in [-0.3, -0.25) is 28.8 Å². The van der Waals surface area contributed by atoms with Crippen LogP contribution in [0.25, 0.3) is 0 Å². The number of H-pyrrole nitrogens is 1. The number of anilines is 2. The second-order valence-electron chi connectivity index (χ2n) is 8.64. The minimum atomic E-state index is -0.706. The molecule has 9 nitrogen and oxygen atoms in total. The lowest BCUT2D eigenvalue weighted by molar-refractivity contribution is -0.121. The van der Waals surface area contributed by atoms with Crippen LogP contribution in [0, 0.1) is 0 Å². The van der Waals surface area contributed by atoms with E-state index in [1.165, 1.54) is 16.4 Å². The highest BCUT2D eigenvalue weighted by atomic mass is 16.5. The van der Waals surface area contributed by atoms with Crippen molar-refractivity contribution < 1.29 is 14.3 Å². The molecule has 0 aliphatic heterocycles. The first kappa shape index (κ1) is 24.0. The van der Waals surface area contributed by atoms with Gasteiger partial charge in [-0.2, -0.15) is 0 Å². The fourth-order valence-electron chi connectivity index (χ4n) is 4.41. The van der Waals surface area contributed by atoms with Gasteiger partial charge in [-0.1, -0.05) is 43.2 Å². The number of nitrogens with two attached hydrogens (primary N) is 1. The zero-order valence-corrected chi connectivity index (χ0v) is 19.5. The number of hydrogen-bond donors (Lipinski definition) is 2. The van der Waals surface area contributed by atoms with Crippen LogP contribution in [0.15, 0.2) is 64.2 Å². The molecule has 0 saturated heterocycles. The molecule has 0 unspecified atom stereocenters. The Balaban J connectivity index is 1.65. The van der Waals surface area contributed by atoms with Crippen molar-refractivity contribution in [2.75, 3.05) is 17.2 Å². The maximum Gasteiger partial charge on any atom is 0.330 e. The molecular formula is C26H28N4O5. The number of aromatic amines is 1. The van der Waals surface area contributed by atoms with Gasteiger partial charge in [0, 0.05) is 11.6 Å². The maximum absolute atomic E-state index is 13.4. The van der Waals surface area contributed by atoms with Gasteiger partial charge >= 0.3 is 5.69 Å². The standard InChI is InChI=1S/C26H28N4O5/c1-17(31)19-11-13-21(14-12-19)35-16-22(32)30(20-9-5-6-10-20)23-24(27)29(26(34)28-25(23)33)15-18-7-3-2-4-8-18/h2-4,7-8,11-14,20H,5-6,9-10,15-16,27H2,1H3,(H,28,33,34). The number of nitrogen functional groups attached to an aromatic ring is 1. The average Bonchev–Trinajstić information content (AvgIpc) is 3.38. The summed E-state index contributed by atoms with van der Waals surface area (Å²) in [6.45, 7) is 1.30. The molecular weight excluding hydrogens is 448 g/mol. The van der Waals surface area contributed by atoms with Crippen molar-refractivity contribution in [2.45, 2.75) is 45.2 Å². The summed E-state index contributed by atoms with van der Waals surface area (Å²) in [5.41, 5.74) is 6.36. The van der Waals surface area contributed by atoms with E-state index in [1.807, 2.05) is 30.3 Å². The van der Waals surface area contributed by atoms with E-state index in [0.29, 0.717) is 11.3 Å². The number of rotatable bonds is 8. The van der Waals surface area contributed by atoms with Crippen molar-refractivity contribution in [1.29, 1.82) is 0 Å². The molecule has 182 valence electrons. The van der Waals surface area contributed by atoms with E-state index in [1.54, 1.807) is 24.3 Å². The molecule has 3 aromatic rings. The summed E-state index contributed by atoms with van der Waals surface area (Å²) in [7, 11) is 0. The van der Waals surface area contributed by atoms with Crippen LogP contribution >= 0.6 is 0 Å². The molecule has 1 fully saturated rings. The molecule has 35 heavy (non-hydrogen) atoms. The second-order valence-corrected chi connectivity index (χ2v) is 8.64. The van der Waals surface area contributed by atoms with Gasteiger partial charge in [-0.25, -0.2) is 4.79 Å². The second kappa shape index (κ2) is 10.4. The van der Waals surface area contributed by atoms with Crippen LogP contribution in [-0.4, -0.2) is 33.9 Å². The molecule has 0 atom stereocenters. The quantitative estimate of drug-likeness (QED) is 0.481. The Morgan fingerprint density at radius 1 is 1.06 bits per heavy atom. The number of ketones is 1. The third kappa shape index (κ3) is 5.34. The fourth-order valence-corrected chi connectivity index (χ4v) is 4.41. The van der Waals surface area contributed by atoms with Gasteiger partial charge in [0.15, 0.2) is 18.1 Å². The molecule has 0 bridgehead atoms. The van der Waals surface area contributed by atoms with E-state index in [2.05, 4.69) is 4.98 Å². The van der Waals surface area contributed by atoms with Gasteiger partial charge < -0.3 is 10.5 Å². The monoisotopic (exact) mass is 476 g/mol. The van der Waals surface area contributed by atoms with Gasteiger partial charge in [0.25, 0.3) is 11.5 Å². The molecule has 1 heterocycles. The number of amides is 1. The number of aromatic nitrogens is 2. The molecule has 1 aromatic heterocycles. The summed E-state index contributed by atoms with van der Waals surface area (Å²) < 4.78 is 6.94. The Morgan fingerprint density at radius 3 is 2.34 bits per heavy atom. The van der Waals surface area contributed by atoms with E-state index in [0.717, 1.165) is 31.2 Å². The van der Waals surface area contributed by atoms with Crippen molar-refractivity contribution in [3.63, 3.8) is 0 Å². The Hall–Kier alpha value is -4.14. The Bertz CT molecular complexity index is 1320. The minimum absolute atomic E-state index is 0.0343. The Morgan fingerprint density at radius 2 is 1.71 bits per heavy atom. The van der Waals surface area contributed by atoms with Gasteiger partial charge in [0.05, 0.1) is 6.54 Å². The molecule has 2 aromatic carbocycles. The number of benzene rings is 2. The first-order valence-corrected chi connectivity index (χ1v) is 11.6. The molecule has 3 N–H and O–H groups in total. The van der Waals surface area contributed by atoms with Crippen molar-refractivity contribution in [3.05, 3.63) is 86.6 Å². The highest BCUT2D eigenvalue weighted by molar-refractivity contribution is 5.97. The Labute approximate surface area is 202 Å².